The van der Waals surface area contributed by atoms with Gasteiger partial charge in [0.1, 0.15) is 16.3 Å². The van der Waals surface area contributed by atoms with E-state index in [0.717, 1.165) is 39.8 Å². The predicted molar refractivity (Wildman–Crippen MR) is 127 cm³/mol. The van der Waals surface area contributed by atoms with E-state index in [1.54, 1.807) is 11.3 Å². The number of hydrogen-bond donors (Lipinski definition) is 0. The first kappa shape index (κ1) is 20.6. The van der Waals surface area contributed by atoms with Crippen molar-refractivity contribution in [3.8, 4) is 11.6 Å². The molecular weight excluding hydrogens is 436 g/mol. The van der Waals surface area contributed by atoms with Gasteiger partial charge in [-0.3, -0.25) is 4.68 Å². The van der Waals surface area contributed by atoms with E-state index in [-0.39, 0.29) is 12.0 Å². The lowest BCUT2D eigenvalue weighted by Crippen LogP contribution is -2.20. The lowest BCUT2D eigenvalue weighted by atomic mass is 9.92. The van der Waals surface area contributed by atoms with Crippen LogP contribution in [0, 0.1) is 0 Å². The molecule has 1 saturated heterocycles. The Morgan fingerprint density at radius 2 is 1.94 bits per heavy atom. The van der Waals surface area contributed by atoms with Crippen molar-refractivity contribution in [3.05, 3.63) is 54.1 Å². The number of thiazole rings is 1. The summed E-state index contributed by atoms with van der Waals surface area (Å²) in [5, 5.41) is 5.43. The quantitative estimate of drug-likeness (QED) is 0.394. The number of fused-ring (bicyclic) bond motifs is 1. The first-order valence-electron chi connectivity index (χ1n) is 11.4. The van der Waals surface area contributed by atoms with E-state index < -0.39 is 0 Å². The monoisotopic (exact) mass is 462 g/mol. The van der Waals surface area contributed by atoms with E-state index in [2.05, 4.69) is 16.0 Å². The topological polar surface area (TPSA) is 78.2 Å². The molecule has 1 aromatic carbocycles. The maximum Gasteiger partial charge on any atom is 0.242 e. The Labute approximate surface area is 196 Å². The van der Waals surface area contributed by atoms with E-state index in [9.17, 15) is 0 Å². The summed E-state index contributed by atoms with van der Waals surface area (Å²) in [5.41, 5.74) is 1.82. The van der Waals surface area contributed by atoms with Gasteiger partial charge >= 0.3 is 0 Å². The second-order valence-electron chi connectivity index (χ2n) is 8.91. The summed E-state index contributed by atoms with van der Waals surface area (Å²) in [6, 6.07) is 10.3. The highest BCUT2D eigenvalue weighted by molar-refractivity contribution is 7.22. The number of rotatable bonds is 6. The number of ether oxygens (including phenoxy) is 2. The molecule has 170 valence electrons. The molecule has 0 amide bonds. The first-order chi connectivity index (χ1) is 16.1. The number of hydrogen-bond acceptors (Lipinski definition) is 8. The van der Waals surface area contributed by atoms with Crippen molar-refractivity contribution in [1.82, 2.24) is 24.7 Å². The van der Waals surface area contributed by atoms with E-state index in [0.29, 0.717) is 24.2 Å². The minimum atomic E-state index is 0.00167. The molecular formula is C24H26N6O2S. The number of nitrogens with zero attached hydrogens (tertiary/aromatic N) is 6. The largest absolute Gasteiger partial charge is 0.437 e. The van der Waals surface area contributed by atoms with Crippen LogP contribution in [-0.2, 0) is 4.74 Å². The molecule has 9 heteroatoms. The third-order valence-electron chi connectivity index (χ3n) is 6.13. The lowest BCUT2D eigenvalue weighted by molar-refractivity contribution is 0.00389. The molecule has 3 aromatic heterocycles. The normalized spacial score (nSPS) is 20.8. The van der Waals surface area contributed by atoms with Crippen molar-refractivity contribution in [2.45, 2.75) is 43.7 Å². The smallest absolute Gasteiger partial charge is 0.242 e. The first-order valence-corrected chi connectivity index (χ1v) is 12.2. The summed E-state index contributed by atoms with van der Waals surface area (Å²) < 4.78 is 15.3. The Bertz CT molecular complexity index is 1270. The average molecular weight is 463 g/mol. The second kappa shape index (κ2) is 8.39. The van der Waals surface area contributed by atoms with Crippen LogP contribution in [-0.4, -0.2) is 45.4 Å². The van der Waals surface area contributed by atoms with Crippen LogP contribution in [0.3, 0.4) is 0 Å². The van der Waals surface area contributed by atoms with Crippen LogP contribution in [0.15, 0.2) is 42.7 Å². The Morgan fingerprint density at radius 3 is 2.73 bits per heavy atom. The van der Waals surface area contributed by atoms with Crippen LogP contribution in [0.5, 0.6) is 11.6 Å². The van der Waals surface area contributed by atoms with Gasteiger partial charge in [-0.05, 0) is 37.8 Å². The Balaban J connectivity index is 1.33. The molecule has 1 aliphatic heterocycles. The fourth-order valence-electron chi connectivity index (χ4n) is 4.17. The van der Waals surface area contributed by atoms with Crippen molar-refractivity contribution >= 4 is 26.8 Å². The molecule has 2 fully saturated rings. The molecule has 4 aromatic rings. The summed E-state index contributed by atoms with van der Waals surface area (Å²) in [6.07, 6.45) is 8.21. The molecule has 0 N–H and O–H groups in total. The molecule has 1 aliphatic carbocycles. The van der Waals surface area contributed by atoms with Gasteiger partial charge < -0.3 is 14.4 Å². The SMILES string of the molecule is CN(C)c1nc2nc([C@H]3CCO[C@H](c4cnn(C5CC5)c4)C3)nc(Oc3ccccc3)c2s1. The number of para-hydroxylation sites is 1. The van der Waals surface area contributed by atoms with E-state index in [4.69, 9.17) is 24.4 Å². The zero-order valence-electron chi connectivity index (χ0n) is 18.7. The van der Waals surface area contributed by atoms with Crippen molar-refractivity contribution in [2.24, 2.45) is 0 Å². The maximum absolute atomic E-state index is 6.22. The van der Waals surface area contributed by atoms with Gasteiger partial charge in [0, 0.05) is 38.4 Å². The highest BCUT2D eigenvalue weighted by Crippen LogP contribution is 2.41. The molecule has 0 unspecified atom stereocenters. The molecule has 2 atom stereocenters. The standard InChI is InChI=1S/C24H26N6O2S/c1-29(2)24-28-22-20(33-24)23(32-18-6-4-3-5-7-18)27-21(26-22)15-10-11-31-19(12-15)16-13-25-30(14-16)17-8-9-17/h3-7,13-15,17,19H,8-12H2,1-2H3/t15-,19-/m0/s1. The molecule has 33 heavy (non-hydrogen) atoms. The van der Waals surface area contributed by atoms with E-state index in [1.807, 2.05) is 55.5 Å². The van der Waals surface area contributed by atoms with Gasteiger partial charge in [0.05, 0.1) is 18.3 Å². The number of aromatic nitrogens is 5. The van der Waals surface area contributed by atoms with E-state index in [1.165, 1.54) is 12.8 Å². The predicted octanol–water partition coefficient (Wildman–Crippen LogP) is 5.11. The highest BCUT2D eigenvalue weighted by Gasteiger charge is 2.31. The lowest BCUT2D eigenvalue weighted by Gasteiger charge is -2.28. The van der Waals surface area contributed by atoms with Crippen LogP contribution in [0.4, 0.5) is 5.13 Å². The van der Waals surface area contributed by atoms with Crippen LogP contribution in [0.25, 0.3) is 10.3 Å². The van der Waals surface area contributed by atoms with Gasteiger partial charge in [-0.1, -0.05) is 29.5 Å². The fourth-order valence-corrected chi connectivity index (χ4v) is 5.02. The van der Waals surface area contributed by atoms with Crippen LogP contribution in [0.2, 0.25) is 0 Å². The molecule has 0 bridgehead atoms. The number of benzene rings is 1. The summed E-state index contributed by atoms with van der Waals surface area (Å²) in [6.45, 7) is 0.667. The molecule has 2 aliphatic rings. The molecule has 1 saturated carbocycles. The average Bonchev–Trinajstić information content (AvgIpc) is 3.39. The molecule has 4 heterocycles. The minimum absolute atomic E-state index is 0.00167. The van der Waals surface area contributed by atoms with Gasteiger partial charge in [-0.15, -0.1) is 0 Å². The summed E-state index contributed by atoms with van der Waals surface area (Å²) in [5.74, 6) is 2.25. The Kier molecular flexibility index (Phi) is 5.22. The Morgan fingerprint density at radius 1 is 1.09 bits per heavy atom. The van der Waals surface area contributed by atoms with Crippen molar-refractivity contribution in [2.75, 3.05) is 25.6 Å². The van der Waals surface area contributed by atoms with Gasteiger partial charge in [-0.2, -0.15) is 15.1 Å². The maximum atomic E-state index is 6.22. The molecule has 6 rings (SSSR count). The molecule has 8 nitrogen and oxygen atoms in total. The second-order valence-corrected chi connectivity index (χ2v) is 9.89. The zero-order chi connectivity index (χ0) is 22.4. The van der Waals surface area contributed by atoms with Crippen LogP contribution >= 0.6 is 11.3 Å². The van der Waals surface area contributed by atoms with Crippen LogP contribution < -0.4 is 9.64 Å². The minimum Gasteiger partial charge on any atom is -0.437 e. The van der Waals surface area contributed by atoms with Gasteiger partial charge in [-0.25, -0.2) is 4.98 Å². The van der Waals surface area contributed by atoms with Crippen molar-refractivity contribution in [1.29, 1.82) is 0 Å². The van der Waals surface area contributed by atoms with Crippen LogP contribution in [0.1, 0.15) is 55.1 Å². The summed E-state index contributed by atoms with van der Waals surface area (Å²) in [4.78, 5) is 16.5. The molecule has 0 radical (unpaired) electrons. The zero-order valence-corrected chi connectivity index (χ0v) is 19.5. The third kappa shape index (κ3) is 4.18. The molecule has 0 spiro atoms. The van der Waals surface area contributed by atoms with Crippen molar-refractivity contribution < 1.29 is 9.47 Å². The third-order valence-corrected chi connectivity index (χ3v) is 7.33. The number of anilines is 1. The van der Waals surface area contributed by atoms with E-state index >= 15 is 0 Å². The fraction of sp³-hybridized carbons (Fsp3) is 0.417. The van der Waals surface area contributed by atoms with Crippen molar-refractivity contribution in [3.63, 3.8) is 0 Å². The van der Waals surface area contributed by atoms with Gasteiger partial charge in [0.15, 0.2) is 10.8 Å². The van der Waals surface area contributed by atoms with Gasteiger partial charge in [0.2, 0.25) is 5.88 Å². The van der Waals surface area contributed by atoms with Gasteiger partial charge in [0.25, 0.3) is 0 Å². The summed E-state index contributed by atoms with van der Waals surface area (Å²) in [7, 11) is 3.96. The highest BCUT2D eigenvalue weighted by atomic mass is 32.1. The summed E-state index contributed by atoms with van der Waals surface area (Å²) >= 11 is 1.54. The Hall–Kier alpha value is -3.04.